The lowest BCUT2D eigenvalue weighted by atomic mass is 10.1. The highest BCUT2D eigenvalue weighted by Crippen LogP contribution is 2.34. The number of nitrogens with zero attached hydrogens (tertiary/aromatic N) is 1. The molecule has 1 aromatic carbocycles. The molecule has 1 aromatic heterocycles. The highest BCUT2D eigenvalue weighted by atomic mass is 32.1. The van der Waals surface area contributed by atoms with E-state index in [1.807, 2.05) is 6.07 Å². The normalized spacial score (nSPS) is 17.4. The van der Waals surface area contributed by atoms with E-state index in [1.54, 1.807) is 23.5 Å². The number of fused-ring (bicyclic) bond motifs is 1. The van der Waals surface area contributed by atoms with Gasteiger partial charge < -0.3 is 20.1 Å². The lowest BCUT2D eigenvalue weighted by Gasteiger charge is -2.27. The fourth-order valence-electron chi connectivity index (χ4n) is 3.31. The van der Waals surface area contributed by atoms with Crippen LogP contribution in [-0.4, -0.2) is 37.4 Å². The van der Waals surface area contributed by atoms with Crippen molar-refractivity contribution in [1.29, 1.82) is 0 Å². The molecule has 1 atom stereocenters. The fraction of sp³-hybridized carbons (Fsp3) is 0.389. The van der Waals surface area contributed by atoms with Crippen molar-refractivity contribution in [2.75, 3.05) is 31.7 Å². The van der Waals surface area contributed by atoms with Gasteiger partial charge in [0.25, 0.3) is 0 Å². The number of carbonyl (C=O) groups excluding carboxylic acids is 1. The summed E-state index contributed by atoms with van der Waals surface area (Å²) in [4.78, 5) is 14.7. The second-order valence-electron chi connectivity index (χ2n) is 6.22. The van der Waals surface area contributed by atoms with Crippen molar-refractivity contribution >= 4 is 23.1 Å². The van der Waals surface area contributed by atoms with E-state index in [-0.39, 0.29) is 18.9 Å². The van der Waals surface area contributed by atoms with Gasteiger partial charge in [0.2, 0.25) is 6.79 Å². The monoisotopic (exact) mass is 359 g/mol. The largest absolute Gasteiger partial charge is 0.454 e. The molecule has 1 fully saturated rings. The highest BCUT2D eigenvalue weighted by Gasteiger charge is 2.24. The quantitative estimate of drug-likeness (QED) is 0.858. The van der Waals surface area contributed by atoms with Crippen LogP contribution in [0.25, 0.3) is 0 Å². The van der Waals surface area contributed by atoms with Gasteiger partial charge in [-0.15, -0.1) is 0 Å². The van der Waals surface area contributed by atoms with Crippen molar-refractivity contribution in [3.05, 3.63) is 40.6 Å². The first-order valence-corrected chi connectivity index (χ1v) is 9.44. The second-order valence-corrected chi connectivity index (χ2v) is 7.00. The van der Waals surface area contributed by atoms with Crippen LogP contribution in [0.3, 0.4) is 0 Å². The van der Waals surface area contributed by atoms with Gasteiger partial charge in [0.15, 0.2) is 11.5 Å². The Bertz CT molecular complexity index is 729. The maximum Gasteiger partial charge on any atom is 0.319 e. The number of thiophene rings is 1. The lowest BCUT2D eigenvalue weighted by Crippen LogP contribution is -2.38. The number of hydrogen-bond acceptors (Lipinski definition) is 5. The van der Waals surface area contributed by atoms with Gasteiger partial charge in [0.1, 0.15) is 0 Å². The summed E-state index contributed by atoms with van der Waals surface area (Å²) in [6, 6.07) is 7.55. The Balaban J connectivity index is 1.36. The van der Waals surface area contributed by atoms with E-state index in [0.29, 0.717) is 23.7 Å². The van der Waals surface area contributed by atoms with Crippen molar-refractivity contribution in [3.63, 3.8) is 0 Å². The van der Waals surface area contributed by atoms with Gasteiger partial charge in [0.05, 0.1) is 6.04 Å². The zero-order valence-corrected chi connectivity index (χ0v) is 14.7. The second kappa shape index (κ2) is 7.33. The van der Waals surface area contributed by atoms with E-state index >= 15 is 0 Å². The molecule has 3 heterocycles. The zero-order chi connectivity index (χ0) is 17.1. The fourth-order valence-corrected chi connectivity index (χ4v) is 4.02. The molecular formula is C18H21N3O3S. The maximum absolute atomic E-state index is 12.3. The summed E-state index contributed by atoms with van der Waals surface area (Å²) < 4.78 is 10.6. The van der Waals surface area contributed by atoms with E-state index in [4.69, 9.17) is 9.47 Å². The number of rotatable bonds is 5. The lowest BCUT2D eigenvalue weighted by molar-refractivity contribution is 0.174. The summed E-state index contributed by atoms with van der Waals surface area (Å²) in [5.74, 6) is 1.36. The zero-order valence-electron chi connectivity index (χ0n) is 13.9. The molecule has 2 amide bonds. The van der Waals surface area contributed by atoms with E-state index in [9.17, 15) is 4.79 Å². The van der Waals surface area contributed by atoms with Crippen LogP contribution >= 0.6 is 11.3 Å². The number of amides is 2. The first kappa shape index (κ1) is 16.2. The molecule has 6 nitrogen and oxygen atoms in total. The number of nitrogens with one attached hydrogen (secondary N) is 2. The Morgan fingerprint density at radius 1 is 1.20 bits per heavy atom. The molecule has 7 heteroatoms. The van der Waals surface area contributed by atoms with Gasteiger partial charge in [-0.3, -0.25) is 4.90 Å². The third-order valence-electron chi connectivity index (χ3n) is 4.60. The predicted octanol–water partition coefficient (Wildman–Crippen LogP) is 3.44. The summed E-state index contributed by atoms with van der Waals surface area (Å²) >= 11 is 1.69. The van der Waals surface area contributed by atoms with Gasteiger partial charge in [-0.05, 0) is 60.5 Å². The topological polar surface area (TPSA) is 62.8 Å². The molecule has 1 saturated heterocycles. The Morgan fingerprint density at radius 2 is 2.04 bits per heavy atom. The van der Waals surface area contributed by atoms with Crippen LogP contribution in [0.1, 0.15) is 24.4 Å². The van der Waals surface area contributed by atoms with Crippen LogP contribution in [0, 0.1) is 0 Å². The molecule has 2 N–H and O–H groups in total. The van der Waals surface area contributed by atoms with Crippen LogP contribution in [0.2, 0.25) is 0 Å². The van der Waals surface area contributed by atoms with Crippen LogP contribution in [-0.2, 0) is 0 Å². The van der Waals surface area contributed by atoms with Gasteiger partial charge in [-0.1, -0.05) is 0 Å². The Morgan fingerprint density at radius 3 is 2.84 bits per heavy atom. The predicted molar refractivity (Wildman–Crippen MR) is 97.5 cm³/mol. The van der Waals surface area contributed by atoms with Crippen molar-refractivity contribution in [1.82, 2.24) is 10.2 Å². The number of urea groups is 1. The average molecular weight is 359 g/mol. The van der Waals surface area contributed by atoms with E-state index in [1.165, 1.54) is 18.4 Å². The third-order valence-corrected chi connectivity index (χ3v) is 5.30. The van der Waals surface area contributed by atoms with Crippen molar-refractivity contribution in [3.8, 4) is 11.5 Å². The van der Waals surface area contributed by atoms with Crippen LogP contribution in [0.4, 0.5) is 10.5 Å². The molecule has 0 aliphatic carbocycles. The molecule has 0 bridgehead atoms. The molecular weight excluding hydrogens is 338 g/mol. The minimum absolute atomic E-state index is 0.210. The molecule has 0 saturated carbocycles. The summed E-state index contributed by atoms with van der Waals surface area (Å²) in [6.07, 6.45) is 2.45. The standard InChI is InChI=1S/C18H21N3O3S/c22-18(20-14-3-4-16-17(9-14)24-12-23-16)19-10-15(13-5-8-25-11-13)21-6-1-2-7-21/h3-5,8-9,11,15H,1-2,6-7,10,12H2,(H2,19,20,22). The molecule has 132 valence electrons. The summed E-state index contributed by atoms with van der Waals surface area (Å²) in [5.41, 5.74) is 1.96. The molecule has 0 radical (unpaired) electrons. The van der Waals surface area contributed by atoms with E-state index in [2.05, 4.69) is 32.4 Å². The number of ether oxygens (including phenoxy) is 2. The summed E-state index contributed by atoms with van der Waals surface area (Å²) in [5, 5.41) is 10.1. The van der Waals surface area contributed by atoms with Crippen LogP contribution in [0.5, 0.6) is 11.5 Å². The number of benzene rings is 1. The van der Waals surface area contributed by atoms with Crippen LogP contribution in [0.15, 0.2) is 35.0 Å². The molecule has 4 rings (SSSR count). The van der Waals surface area contributed by atoms with Gasteiger partial charge in [-0.25, -0.2) is 4.79 Å². The van der Waals surface area contributed by atoms with Crippen molar-refractivity contribution in [2.45, 2.75) is 18.9 Å². The molecule has 25 heavy (non-hydrogen) atoms. The molecule has 2 aliphatic heterocycles. The Labute approximate surface area is 150 Å². The molecule has 2 aromatic rings. The molecule has 2 aliphatic rings. The number of carbonyl (C=O) groups is 1. The molecule has 1 unspecified atom stereocenters. The highest BCUT2D eigenvalue weighted by molar-refractivity contribution is 7.07. The first-order chi connectivity index (χ1) is 12.3. The maximum atomic E-state index is 12.3. The smallest absolute Gasteiger partial charge is 0.319 e. The van der Waals surface area contributed by atoms with Crippen molar-refractivity contribution < 1.29 is 14.3 Å². The van der Waals surface area contributed by atoms with Crippen molar-refractivity contribution in [2.24, 2.45) is 0 Å². The summed E-state index contributed by atoms with van der Waals surface area (Å²) in [6.45, 7) is 2.99. The van der Waals surface area contributed by atoms with E-state index in [0.717, 1.165) is 13.1 Å². The SMILES string of the molecule is O=C(NCC(c1ccsc1)N1CCCC1)Nc1ccc2c(c1)OCO2. The number of hydrogen-bond donors (Lipinski definition) is 2. The van der Waals surface area contributed by atoms with Gasteiger partial charge in [-0.2, -0.15) is 11.3 Å². The summed E-state index contributed by atoms with van der Waals surface area (Å²) in [7, 11) is 0. The minimum atomic E-state index is -0.210. The Kier molecular flexibility index (Phi) is 4.76. The number of likely N-dealkylation sites (tertiary alicyclic amines) is 1. The minimum Gasteiger partial charge on any atom is -0.454 e. The average Bonchev–Trinajstić information content (AvgIpc) is 3.37. The van der Waals surface area contributed by atoms with Gasteiger partial charge in [0, 0.05) is 18.3 Å². The number of anilines is 1. The first-order valence-electron chi connectivity index (χ1n) is 8.50. The van der Waals surface area contributed by atoms with E-state index < -0.39 is 0 Å². The third kappa shape index (κ3) is 3.72. The Hall–Kier alpha value is -2.25. The van der Waals surface area contributed by atoms with Crippen LogP contribution < -0.4 is 20.1 Å². The van der Waals surface area contributed by atoms with Gasteiger partial charge >= 0.3 is 6.03 Å². The molecule has 0 spiro atoms.